The average Bonchev–Trinajstić information content (AvgIpc) is 2.59. The van der Waals surface area contributed by atoms with E-state index in [4.69, 9.17) is 0 Å². The fourth-order valence-electron chi connectivity index (χ4n) is 2.12. The van der Waals surface area contributed by atoms with Crippen LogP contribution in [0.5, 0.6) is 0 Å². The van der Waals surface area contributed by atoms with Crippen LogP contribution in [0.3, 0.4) is 0 Å². The highest BCUT2D eigenvalue weighted by molar-refractivity contribution is 9.11. The molecule has 0 amide bonds. The Morgan fingerprint density at radius 3 is 2.40 bits per heavy atom. The van der Waals surface area contributed by atoms with E-state index in [0.717, 1.165) is 17.3 Å². The van der Waals surface area contributed by atoms with E-state index in [1.54, 1.807) is 12.1 Å². The molecule has 0 bridgehead atoms. The molecular weight excluding hydrogens is 327 g/mol. The molecule has 2 rings (SSSR count). The van der Waals surface area contributed by atoms with Gasteiger partial charge >= 0.3 is 0 Å². The van der Waals surface area contributed by atoms with Crippen molar-refractivity contribution >= 4 is 31.9 Å². The molecule has 0 spiro atoms. The summed E-state index contributed by atoms with van der Waals surface area (Å²) in [6, 6.07) is 3.32. The van der Waals surface area contributed by atoms with E-state index < -0.39 is 5.60 Å². The Balaban J connectivity index is 2.51. The van der Waals surface area contributed by atoms with Gasteiger partial charge in [0.2, 0.25) is 0 Å². The first-order valence-electron chi connectivity index (χ1n) is 4.90. The van der Waals surface area contributed by atoms with Gasteiger partial charge in [0.05, 0.1) is 10.1 Å². The highest BCUT2D eigenvalue weighted by atomic mass is 79.9. The van der Waals surface area contributed by atoms with Crippen molar-refractivity contribution in [2.45, 2.75) is 31.3 Å². The van der Waals surface area contributed by atoms with Gasteiger partial charge in [-0.15, -0.1) is 0 Å². The minimum atomic E-state index is -0.976. The molecule has 0 radical (unpaired) electrons. The Labute approximate surface area is 105 Å². The summed E-state index contributed by atoms with van der Waals surface area (Å²) in [4.78, 5) is 0. The van der Waals surface area contributed by atoms with Gasteiger partial charge < -0.3 is 5.11 Å². The molecule has 82 valence electrons. The van der Waals surface area contributed by atoms with Crippen LogP contribution in [0, 0.1) is 5.82 Å². The lowest BCUT2D eigenvalue weighted by atomic mass is 9.92. The molecule has 1 aromatic rings. The van der Waals surface area contributed by atoms with Crippen molar-refractivity contribution in [3.05, 3.63) is 32.5 Å². The van der Waals surface area contributed by atoms with Gasteiger partial charge in [0.15, 0.2) is 0 Å². The van der Waals surface area contributed by atoms with Crippen LogP contribution < -0.4 is 0 Å². The summed E-state index contributed by atoms with van der Waals surface area (Å²) in [5.41, 5.74) is -0.572. The van der Waals surface area contributed by atoms with Crippen LogP contribution in [-0.2, 0) is 5.60 Å². The molecule has 0 unspecified atom stereocenters. The Morgan fingerprint density at radius 2 is 1.80 bits per heavy atom. The first-order valence-corrected chi connectivity index (χ1v) is 6.49. The highest BCUT2D eigenvalue weighted by Gasteiger charge is 2.36. The molecule has 4 heteroatoms. The summed E-state index contributed by atoms with van der Waals surface area (Å²) >= 11 is 6.46. The van der Waals surface area contributed by atoms with Crippen LogP contribution in [0.2, 0.25) is 0 Å². The minimum absolute atomic E-state index is 0.345. The van der Waals surface area contributed by atoms with Gasteiger partial charge in [0.25, 0.3) is 0 Å². The molecule has 1 saturated carbocycles. The third kappa shape index (κ3) is 2.12. The van der Waals surface area contributed by atoms with E-state index in [9.17, 15) is 9.50 Å². The van der Waals surface area contributed by atoms with Gasteiger partial charge in [-0.3, -0.25) is 0 Å². The van der Waals surface area contributed by atoms with E-state index in [1.165, 1.54) is 0 Å². The first kappa shape index (κ1) is 11.6. The van der Waals surface area contributed by atoms with Gasteiger partial charge in [0, 0.05) is 10.0 Å². The largest absolute Gasteiger partial charge is 0.385 e. The number of rotatable bonds is 1. The molecule has 1 fully saturated rings. The minimum Gasteiger partial charge on any atom is -0.385 e. The summed E-state index contributed by atoms with van der Waals surface area (Å²) in [6.45, 7) is 0. The summed E-state index contributed by atoms with van der Waals surface area (Å²) < 4.78 is 15.0. The fraction of sp³-hybridized carbons (Fsp3) is 0.455. The third-order valence-electron chi connectivity index (χ3n) is 2.93. The lowest BCUT2D eigenvalue weighted by Crippen LogP contribution is -2.22. The van der Waals surface area contributed by atoms with E-state index in [2.05, 4.69) is 31.9 Å². The van der Waals surface area contributed by atoms with Crippen molar-refractivity contribution in [3.8, 4) is 0 Å². The molecular formula is C11H11Br2FO. The first-order chi connectivity index (χ1) is 7.03. The van der Waals surface area contributed by atoms with Gasteiger partial charge in [-0.2, -0.15) is 0 Å². The Hall–Kier alpha value is 0.0700. The van der Waals surface area contributed by atoms with Crippen molar-refractivity contribution in [2.24, 2.45) is 0 Å². The Bertz CT molecular complexity index is 386. The van der Waals surface area contributed by atoms with E-state index in [0.29, 0.717) is 22.9 Å². The second-order valence-electron chi connectivity index (χ2n) is 3.99. The second kappa shape index (κ2) is 4.15. The summed E-state index contributed by atoms with van der Waals surface area (Å²) in [6.07, 6.45) is 3.21. The van der Waals surface area contributed by atoms with Crippen LogP contribution in [-0.4, -0.2) is 5.11 Å². The fourth-order valence-corrected chi connectivity index (χ4v) is 3.35. The van der Waals surface area contributed by atoms with Gasteiger partial charge in [-0.05, 0) is 40.9 Å². The summed E-state index contributed by atoms with van der Waals surface area (Å²) in [7, 11) is 0. The number of hydrogen-bond acceptors (Lipinski definition) is 1. The maximum absolute atomic E-state index is 13.9. The van der Waals surface area contributed by atoms with Crippen molar-refractivity contribution in [1.82, 2.24) is 0 Å². The number of aliphatic hydroxyl groups is 1. The molecule has 1 N–H and O–H groups in total. The van der Waals surface area contributed by atoms with Crippen LogP contribution in [0.25, 0.3) is 0 Å². The molecule has 1 nitrogen and oxygen atoms in total. The molecule has 0 aromatic heterocycles. The quantitative estimate of drug-likeness (QED) is 0.764. The summed E-state index contributed by atoms with van der Waals surface area (Å²) in [5, 5.41) is 10.3. The molecule has 15 heavy (non-hydrogen) atoms. The van der Waals surface area contributed by atoms with Crippen LogP contribution in [0.1, 0.15) is 31.2 Å². The maximum atomic E-state index is 13.9. The van der Waals surface area contributed by atoms with Gasteiger partial charge in [0.1, 0.15) is 5.82 Å². The zero-order valence-electron chi connectivity index (χ0n) is 8.06. The predicted octanol–water partition coefficient (Wildman–Crippen LogP) is 4.11. The van der Waals surface area contributed by atoms with Crippen LogP contribution in [0.15, 0.2) is 21.1 Å². The van der Waals surface area contributed by atoms with Crippen LogP contribution in [0.4, 0.5) is 4.39 Å². The van der Waals surface area contributed by atoms with E-state index >= 15 is 0 Å². The molecule has 1 aliphatic carbocycles. The van der Waals surface area contributed by atoms with Crippen LogP contribution >= 0.6 is 31.9 Å². The van der Waals surface area contributed by atoms with E-state index in [-0.39, 0.29) is 5.82 Å². The van der Waals surface area contributed by atoms with Crippen molar-refractivity contribution in [1.29, 1.82) is 0 Å². The molecule has 0 saturated heterocycles. The number of hydrogen-bond donors (Lipinski definition) is 1. The van der Waals surface area contributed by atoms with Crippen molar-refractivity contribution in [3.63, 3.8) is 0 Å². The molecule has 0 heterocycles. The number of halogens is 3. The molecule has 1 aromatic carbocycles. The smallest absolute Gasteiger partial charge is 0.143 e. The van der Waals surface area contributed by atoms with Crippen molar-refractivity contribution < 1.29 is 9.50 Å². The van der Waals surface area contributed by atoms with Gasteiger partial charge in [-0.1, -0.05) is 28.8 Å². The lowest BCUT2D eigenvalue weighted by Gasteiger charge is -2.23. The normalized spacial score (nSPS) is 19.5. The zero-order valence-corrected chi connectivity index (χ0v) is 11.2. The van der Waals surface area contributed by atoms with E-state index in [1.807, 2.05) is 0 Å². The van der Waals surface area contributed by atoms with Gasteiger partial charge in [-0.25, -0.2) is 4.39 Å². The monoisotopic (exact) mass is 336 g/mol. The lowest BCUT2D eigenvalue weighted by molar-refractivity contribution is 0.0406. The topological polar surface area (TPSA) is 20.2 Å². The average molecular weight is 338 g/mol. The third-order valence-corrected chi connectivity index (χ3v) is 3.96. The predicted molar refractivity (Wildman–Crippen MR) is 64.2 cm³/mol. The Morgan fingerprint density at radius 1 is 1.20 bits per heavy atom. The highest BCUT2D eigenvalue weighted by Crippen LogP contribution is 2.42. The molecule has 1 aliphatic rings. The zero-order chi connectivity index (χ0) is 11.1. The number of benzene rings is 1. The second-order valence-corrected chi connectivity index (χ2v) is 5.76. The van der Waals surface area contributed by atoms with Crippen molar-refractivity contribution in [2.75, 3.05) is 0 Å². The molecule has 0 aliphatic heterocycles. The maximum Gasteiger partial charge on any atom is 0.143 e. The Kier molecular flexibility index (Phi) is 3.20. The SMILES string of the molecule is OC1(c2cc(Br)cc(Br)c2F)CCCC1. The molecule has 0 atom stereocenters. The standard InChI is InChI=1S/C11H11Br2FO/c12-7-5-8(10(14)9(13)6-7)11(15)3-1-2-4-11/h5-6,15H,1-4H2. The summed E-state index contributed by atoms with van der Waals surface area (Å²) in [5.74, 6) is -0.345.